The lowest BCUT2D eigenvalue weighted by molar-refractivity contribution is -0.127. The summed E-state index contributed by atoms with van der Waals surface area (Å²) in [4.78, 5) is 12.5. The standard InChI is InChI=1S/C18H23ClN2O4.ClH/c19-12-6-11(7-14-17(12)25-4-3-24-14)13(22)8-21-18(23)15-9-1-2-10(5-9)16(15)20;/h6-7,9-10,13,15-16,22H,1-5,8,20H2,(H,21,23);1H. The van der Waals surface area contributed by atoms with Crippen molar-refractivity contribution in [1.29, 1.82) is 0 Å². The number of aliphatic hydroxyl groups excluding tert-OH is 1. The minimum absolute atomic E-state index is 0. The molecule has 0 spiro atoms. The number of benzene rings is 1. The van der Waals surface area contributed by atoms with Crippen molar-refractivity contribution in [3.05, 3.63) is 22.7 Å². The molecule has 2 aliphatic carbocycles. The fourth-order valence-corrected chi connectivity index (χ4v) is 4.75. The molecule has 1 aliphatic heterocycles. The van der Waals surface area contributed by atoms with Gasteiger partial charge in [0.15, 0.2) is 11.5 Å². The van der Waals surface area contributed by atoms with E-state index in [4.69, 9.17) is 26.8 Å². The first-order valence-electron chi connectivity index (χ1n) is 8.85. The Hall–Kier alpha value is -1.21. The Morgan fingerprint density at radius 1 is 1.31 bits per heavy atom. The highest BCUT2D eigenvalue weighted by Gasteiger charge is 2.49. The van der Waals surface area contributed by atoms with Gasteiger partial charge in [-0.15, -0.1) is 12.4 Å². The third kappa shape index (κ3) is 3.48. The van der Waals surface area contributed by atoms with Crippen LogP contribution in [0.25, 0.3) is 0 Å². The first-order chi connectivity index (χ1) is 12.0. The number of rotatable bonds is 4. The van der Waals surface area contributed by atoms with Crippen LogP contribution in [-0.4, -0.2) is 36.8 Å². The third-order valence-electron chi connectivity index (χ3n) is 5.76. The molecule has 8 heteroatoms. The van der Waals surface area contributed by atoms with E-state index in [0.717, 1.165) is 19.3 Å². The van der Waals surface area contributed by atoms with E-state index in [1.807, 2.05) is 0 Å². The molecule has 3 aliphatic rings. The van der Waals surface area contributed by atoms with E-state index >= 15 is 0 Å². The van der Waals surface area contributed by atoms with Crippen molar-refractivity contribution in [1.82, 2.24) is 5.32 Å². The lowest BCUT2D eigenvalue weighted by Crippen LogP contribution is -2.46. The fourth-order valence-electron chi connectivity index (χ4n) is 4.48. The molecule has 1 heterocycles. The molecule has 26 heavy (non-hydrogen) atoms. The minimum atomic E-state index is -0.868. The Morgan fingerprint density at radius 3 is 2.77 bits per heavy atom. The first kappa shape index (κ1) is 19.5. The molecule has 4 N–H and O–H groups in total. The predicted molar refractivity (Wildman–Crippen MR) is 100.0 cm³/mol. The van der Waals surface area contributed by atoms with E-state index in [1.54, 1.807) is 12.1 Å². The van der Waals surface area contributed by atoms with Crippen molar-refractivity contribution in [2.75, 3.05) is 19.8 Å². The van der Waals surface area contributed by atoms with E-state index in [0.29, 0.717) is 47.1 Å². The molecule has 0 radical (unpaired) electrons. The number of aliphatic hydroxyl groups is 1. The number of ether oxygens (including phenoxy) is 2. The topological polar surface area (TPSA) is 93.8 Å². The van der Waals surface area contributed by atoms with Crippen molar-refractivity contribution >= 4 is 29.9 Å². The summed E-state index contributed by atoms with van der Waals surface area (Å²) < 4.78 is 11.0. The van der Waals surface area contributed by atoms with Gasteiger partial charge in [0.1, 0.15) is 13.2 Å². The highest BCUT2D eigenvalue weighted by atomic mass is 35.5. The molecule has 1 aromatic rings. The summed E-state index contributed by atoms with van der Waals surface area (Å²) in [5.74, 6) is 1.70. The van der Waals surface area contributed by atoms with Gasteiger partial charge in [-0.05, 0) is 48.8 Å². The van der Waals surface area contributed by atoms with Crippen molar-refractivity contribution < 1.29 is 19.4 Å². The summed E-state index contributed by atoms with van der Waals surface area (Å²) in [5, 5.41) is 13.7. The van der Waals surface area contributed by atoms with Crippen LogP contribution < -0.4 is 20.5 Å². The second-order valence-electron chi connectivity index (χ2n) is 7.22. The smallest absolute Gasteiger partial charge is 0.225 e. The summed E-state index contributed by atoms with van der Waals surface area (Å²) >= 11 is 6.20. The van der Waals surface area contributed by atoms with Crippen LogP contribution in [0.5, 0.6) is 11.5 Å². The largest absolute Gasteiger partial charge is 0.486 e. The van der Waals surface area contributed by atoms with Crippen LogP contribution in [0.2, 0.25) is 5.02 Å². The number of nitrogens with one attached hydrogen (secondary N) is 1. The summed E-state index contributed by atoms with van der Waals surface area (Å²) in [6.07, 6.45) is 2.40. The number of carbonyl (C=O) groups is 1. The fraction of sp³-hybridized carbons (Fsp3) is 0.611. The van der Waals surface area contributed by atoms with Gasteiger partial charge in [-0.3, -0.25) is 4.79 Å². The lowest BCUT2D eigenvalue weighted by Gasteiger charge is -2.27. The Labute approximate surface area is 163 Å². The summed E-state index contributed by atoms with van der Waals surface area (Å²) in [6.45, 7) is 1.02. The number of hydrogen-bond donors (Lipinski definition) is 3. The van der Waals surface area contributed by atoms with Crippen molar-refractivity contribution in [3.8, 4) is 11.5 Å². The second kappa shape index (κ2) is 7.80. The number of amides is 1. The predicted octanol–water partition coefficient (Wildman–Crippen LogP) is 2.06. The maximum Gasteiger partial charge on any atom is 0.225 e. The molecule has 5 unspecified atom stereocenters. The van der Waals surface area contributed by atoms with Gasteiger partial charge in [-0.25, -0.2) is 0 Å². The molecule has 1 amide bonds. The molecule has 144 valence electrons. The molecule has 0 saturated heterocycles. The first-order valence-corrected chi connectivity index (χ1v) is 9.23. The van der Waals surface area contributed by atoms with E-state index in [9.17, 15) is 9.90 Å². The van der Waals surface area contributed by atoms with Crippen LogP contribution in [0.1, 0.15) is 30.9 Å². The highest BCUT2D eigenvalue weighted by molar-refractivity contribution is 6.32. The average molecular weight is 403 g/mol. The monoisotopic (exact) mass is 402 g/mol. The average Bonchev–Trinajstić information content (AvgIpc) is 3.20. The van der Waals surface area contributed by atoms with Gasteiger partial charge >= 0.3 is 0 Å². The van der Waals surface area contributed by atoms with Crippen LogP contribution >= 0.6 is 24.0 Å². The molecule has 5 atom stereocenters. The van der Waals surface area contributed by atoms with Gasteiger partial charge in [0.2, 0.25) is 5.91 Å². The lowest BCUT2D eigenvalue weighted by atomic mass is 9.84. The quantitative estimate of drug-likeness (QED) is 0.716. The number of hydrogen-bond acceptors (Lipinski definition) is 5. The maximum atomic E-state index is 12.5. The highest BCUT2D eigenvalue weighted by Crippen LogP contribution is 2.47. The van der Waals surface area contributed by atoms with E-state index in [1.165, 1.54) is 0 Å². The zero-order valence-corrected chi connectivity index (χ0v) is 15.9. The van der Waals surface area contributed by atoms with E-state index in [-0.39, 0.29) is 36.8 Å². The molecule has 2 bridgehead atoms. The zero-order valence-electron chi connectivity index (χ0n) is 14.3. The Balaban J connectivity index is 0.00000196. The Bertz CT molecular complexity index is 685. The van der Waals surface area contributed by atoms with Gasteiger partial charge in [-0.2, -0.15) is 0 Å². The zero-order chi connectivity index (χ0) is 17.6. The van der Waals surface area contributed by atoms with Crippen LogP contribution in [0.4, 0.5) is 0 Å². The van der Waals surface area contributed by atoms with Gasteiger partial charge < -0.3 is 25.6 Å². The molecule has 6 nitrogen and oxygen atoms in total. The van der Waals surface area contributed by atoms with Crippen molar-refractivity contribution in [2.45, 2.75) is 31.4 Å². The number of carbonyl (C=O) groups excluding carboxylic acids is 1. The molecule has 0 aromatic heterocycles. The van der Waals surface area contributed by atoms with Crippen molar-refractivity contribution in [2.24, 2.45) is 23.5 Å². The molecular weight excluding hydrogens is 379 g/mol. The van der Waals surface area contributed by atoms with Gasteiger partial charge in [0.05, 0.1) is 17.0 Å². The second-order valence-corrected chi connectivity index (χ2v) is 7.63. The molecule has 1 aromatic carbocycles. The molecule has 2 fully saturated rings. The van der Waals surface area contributed by atoms with Crippen LogP contribution in [-0.2, 0) is 4.79 Å². The SMILES string of the molecule is Cl.NC1C2CCC(C2)C1C(=O)NCC(O)c1cc(Cl)c2c(c1)OCCO2. The molecule has 2 saturated carbocycles. The minimum Gasteiger partial charge on any atom is -0.486 e. The molecular formula is C18H24Cl2N2O4. The Morgan fingerprint density at radius 2 is 2.04 bits per heavy atom. The van der Waals surface area contributed by atoms with Crippen LogP contribution in [0.3, 0.4) is 0 Å². The van der Waals surface area contributed by atoms with Gasteiger partial charge in [0, 0.05) is 12.6 Å². The van der Waals surface area contributed by atoms with E-state index < -0.39 is 6.10 Å². The van der Waals surface area contributed by atoms with Gasteiger partial charge in [0.25, 0.3) is 0 Å². The van der Waals surface area contributed by atoms with E-state index in [2.05, 4.69) is 5.32 Å². The number of fused-ring (bicyclic) bond motifs is 3. The van der Waals surface area contributed by atoms with Crippen LogP contribution in [0, 0.1) is 17.8 Å². The molecule has 4 rings (SSSR count). The normalized spacial score (nSPS) is 29.8. The number of halogens is 2. The van der Waals surface area contributed by atoms with Gasteiger partial charge in [-0.1, -0.05) is 11.6 Å². The Kier molecular flexibility index (Phi) is 5.87. The van der Waals surface area contributed by atoms with Crippen LogP contribution in [0.15, 0.2) is 12.1 Å². The number of nitrogens with two attached hydrogens (primary N) is 1. The third-order valence-corrected chi connectivity index (χ3v) is 6.04. The summed E-state index contributed by atoms with van der Waals surface area (Å²) in [5.41, 5.74) is 6.80. The summed E-state index contributed by atoms with van der Waals surface area (Å²) in [7, 11) is 0. The van der Waals surface area contributed by atoms with Crippen molar-refractivity contribution in [3.63, 3.8) is 0 Å². The maximum absolute atomic E-state index is 12.5. The summed E-state index contributed by atoms with van der Waals surface area (Å²) in [6, 6.07) is 3.30.